The van der Waals surface area contributed by atoms with Crippen LogP contribution in [0.5, 0.6) is 5.75 Å². The third-order valence-electron chi connectivity index (χ3n) is 4.21. The van der Waals surface area contributed by atoms with Gasteiger partial charge in [-0.1, -0.05) is 19.9 Å². The van der Waals surface area contributed by atoms with E-state index in [0.717, 1.165) is 0 Å². The van der Waals surface area contributed by atoms with E-state index in [2.05, 4.69) is 13.8 Å². The number of amides is 1. The molecule has 1 aliphatic heterocycles. The van der Waals surface area contributed by atoms with E-state index in [9.17, 15) is 9.18 Å². The molecule has 5 heteroatoms. The molecule has 1 aromatic rings. The number of benzene rings is 1. The molecule has 1 saturated heterocycles. The van der Waals surface area contributed by atoms with Crippen molar-refractivity contribution in [1.82, 2.24) is 4.90 Å². The third-order valence-corrected chi connectivity index (χ3v) is 4.21. The Morgan fingerprint density at radius 2 is 2.35 bits per heavy atom. The van der Waals surface area contributed by atoms with Gasteiger partial charge >= 0.3 is 0 Å². The molecule has 2 atom stereocenters. The molecule has 4 nitrogen and oxygen atoms in total. The summed E-state index contributed by atoms with van der Waals surface area (Å²) in [6.45, 7) is 6.03. The summed E-state index contributed by atoms with van der Waals surface area (Å²) < 4.78 is 18.3. The van der Waals surface area contributed by atoms with Gasteiger partial charge in [0.1, 0.15) is 11.6 Å². The molecule has 0 spiro atoms. The van der Waals surface area contributed by atoms with Gasteiger partial charge in [0.05, 0.1) is 0 Å². The first-order valence-electron chi connectivity index (χ1n) is 6.81. The number of ether oxygens (including phenoxy) is 1. The Balaban J connectivity index is 1.90. The molecular weight excluding hydrogens is 259 g/mol. The van der Waals surface area contributed by atoms with Crippen molar-refractivity contribution >= 4 is 5.91 Å². The first-order chi connectivity index (χ1) is 9.44. The van der Waals surface area contributed by atoms with Crippen molar-refractivity contribution in [1.29, 1.82) is 0 Å². The molecule has 0 aromatic heterocycles. The summed E-state index contributed by atoms with van der Waals surface area (Å²) >= 11 is 0. The second kappa shape index (κ2) is 5.79. The van der Waals surface area contributed by atoms with E-state index in [4.69, 9.17) is 10.5 Å². The summed E-state index contributed by atoms with van der Waals surface area (Å²) in [5.41, 5.74) is 5.76. The van der Waals surface area contributed by atoms with Gasteiger partial charge in [-0.15, -0.1) is 0 Å². The molecule has 1 heterocycles. The molecule has 0 radical (unpaired) electrons. The summed E-state index contributed by atoms with van der Waals surface area (Å²) in [5, 5.41) is 0. The van der Waals surface area contributed by atoms with Crippen molar-refractivity contribution in [2.75, 3.05) is 26.2 Å². The van der Waals surface area contributed by atoms with Crippen LogP contribution in [0.3, 0.4) is 0 Å². The van der Waals surface area contributed by atoms with E-state index in [1.165, 1.54) is 12.1 Å². The highest BCUT2D eigenvalue weighted by molar-refractivity contribution is 5.78. The van der Waals surface area contributed by atoms with Crippen LogP contribution in [0, 0.1) is 17.2 Å². The van der Waals surface area contributed by atoms with Crippen molar-refractivity contribution < 1.29 is 13.9 Å². The number of nitrogens with two attached hydrogens (primary N) is 1. The first kappa shape index (κ1) is 14.8. The largest absolute Gasteiger partial charge is 0.484 e. The number of rotatable bonds is 4. The maximum atomic E-state index is 13.0. The molecule has 0 bridgehead atoms. The summed E-state index contributed by atoms with van der Waals surface area (Å²) in [4.78, 5) is 13.9. The topological polar surface area (TPSA) is 55.6 Å². The lowest BCUT2D eigenvalue weighted by molar-refractivity contribution is -0.132. The molecule has 1 fully saturated rings. The van der Waals surface area contributed by atoms with Gasteiger partial charge in [-0.3, -0.25) is 4.79 Å². The maximum Gasteiger partial charge on any atom is 0.260 e. The molecule has 110 valence electrons. The number of carbonyl (C=O) groups excluding carboxylic acids is 1. The number of hydrogen-bond donors (Lipinski definition) is 1. The van der Waals surface area contributed by atoms with Crippen LogP contribution in [0.1, 0.15) is 13.8 Å². The van der Waals surface area contributed by atoms with Gasteiger partial charge in [0.2, 0.25) is 0 Å². The van der Waals surface area contributed by atoms with E-state index in [1.807, 2.05) is 0 Å². The van der Waals surface area contributed by atoms with Gasteiger partial charge in [-0.2, -0.15) is 0 Å². The Labute approximate surface area is 118 Å². The fraction of sp³-hybridized carbons (Fsp3) is 0.533. The van der Waals surface area contributed by atoms with Crippen molar-refractivity contribution in [2.24, 2.45) is 17.1 Å². The zero-order valence-electron chi connectivity index (χ0n) is 11.9. The summed E-state index contributed by atoms with van der Waals surface area (Å²) in [6, 6.07) is 5.79. The normalized spacial score (nSPS) is 25.8. The van der Waals surface area contributed by atoms with Gasteiger partial charge in [0.15, 0.2) is 6.61 Å². The highest BCUT2D eigenvalue weighted by Gasteiger charge is 2.40. The van der Waals surface area contributed by atoms with Gasteiger partial charge in [-0.25, -0.2) is 4.39 Å². The Morgan fingerprint density at radius 3 is 2.95 bits per heavy atom. The van der Waals surface area contributed by atoms with Crippen LogP contribution in [0.2, 0.25) is 0 Å². The minimum Gasteiger partial charge on any atom is -0.484 e. The minimum absolute atomic E-state index is 0.0332. The Bertz CT molecular complexity index is 495. The highest BCUT2D eigenvalue weighted by atomic mass is 19.1. The predicted octanol–water partition coefficient (Wildman–Crippen LogP) is 1.65. The minimum atomic E-state index is -0.375. The fourth-order valence-corrected chi connectivity index (χ4v) is 2.46. The standard InChI is InChI=1S/C15H21FN2O2/c1-11-7-18(10-15(11,2)9-17)14(19)8-20-13-5-3-4-12(16)6-13/h3-6,11H,7-10,17H2,1-2H3/t11-,15-/m1/s1. The molecule has 1 aromatic carbocycles. The van der Waals surface area contributed by atoms with Crippen molar-refractivity contribution in [3.63, 3.8) is 0 Å². The van der Waals surface area contributed by atoms with Gasteiger partial charge in [0, 0.05) is 24.6 Å². The smallest absolute Gasteiger partial charge is 0.260 e. The van der Waals surface area contributed by atoms with E-state index in [0.29, 0.717) is 31.3 Å². The molecule has 0 saturated carbocycles. The van der Waals surface area contributed by atoms with E-state index in [1.54, 1.807) is 17.0 Å². The number of carbonyl (C=O) groups is 1. The van der Waals surface area contributed by atoms with Gasteiger partial charge in [-0.05, 0) is 24.6 Å². The predicted molar refractivity (Wildman–Crippen MR) is 74.8 cm³/mol. The molecule has 2 rings (SSSR count). The zero-order chi connectivity index (χ0) is 14.8. The van der Waals surface area contributed by atoms with Crippen LogP contribution >= 0.6 is 0 Å². The van der Waals surface area contributed by atoms with Crippen LogP contribution in [0.25, 0.3) is 0 Å². The van der Waals surface area contributed by atoms with Crippen LogP contribution < -0.4 is 10.5 Å². The van der Waals surface area contributed by atoms with Crippen LogP contribution in [0.4, 0.5) is 4.39 Å². The zero-order valence-corrected chi connectivity index (χ0v) is 11.9. The summed E-state index contributed by atoms with van der Waals surface area (Å²) in [5.74, 6) is 0.275. The Kier molecular flexibility index (Phi) is 4.28. The van der Waals surface area contributed by atoms with Crippen LogP contribution in [-0.2, 0) is 4.79 Å². The number of halogens is 1. The Hall–Kier alpha value is -1.62. The Morgan fingerprint density at radius 1 is 1.60 bits per heavy atom. The lowest BCUT2D eigenvalue weighted by Gasteiger charge is -2.25. The monoisotopic (exact) mass is 280 g/mol. The lowest BCUT2D eigenvalue weighted by atomic mass is 9.81. The maximum absolute atomic E-state index is 13.0. The summed E-state index contributed by atoms with van der Waals surface area (Å²) in [7, 11) is 0. The second-order valence-electron chi connectivity index (χ2n) is 5.78. The number of nitrogens with zero attached hydrogens (tertiary/aromatic N) is 1. The van der Waals surface area contributed by atoms with Crippen LogP contribution in [-0.4, -0.2) is 37.0 Å². The van der Waals surface area contributed by atoms with E-state index in [-0.39, 0.29) is 23.7 Å². The quantitative estimate of drug-likeness (QED) is 0.912. The summed E-state index contributed by atoms with van der Waals surface area (Å²) in [6.07, 6.45) is 0. The highest BCUT2D eigenvalue weighted by Crippen LogP contribution is 2.34. The SMILES string of the molecule is C[C@@H]1CN(C(=O)COc2cccc(F)c2)C[C@@]1(C)CN. The van der Waals surface area contributed by atoms with Crippen molar-refractivity contribution in [2.45, 2.75) is 13.8 Å². The van der Waals surface area contributed by atoms with Crippen molar-refractivity contribution in [3.8, 4) is 5.75 Å². The first-order valence-corrected chi connectivity index (χ1v) is 6.81. The molecule has 1 amide bonds. The molecule has 2 N–H and O–H groups in total. The van der Waals surface area contributed by atoms with Crippen LogP contribution in [0.15, 0.2) is 24.3 Å². The molecule has 20 heavy (non-hydrogen) atoms. The van der Waals surface area contributed by atoms with Gasteiger partial charge in [0.25, 0.3) is 5.91 Å². The van der Waals surface area contributed by atoms with E-state index < -0.39 is 0 Å². The number of likely N-dealkylation sites (tertiary alicyclic amines) is 1. The average Bonchev–Trinajstić information content (AvgIpc) is 2.73. The third kappa shape index (κ3) is 3.10. The molecule has 0 unspecified atom stereocenters. The molecule has 1 aliphatic rings. The molecule has 0 aliphatic carbocycles. The van der Waals surface area contributed by atoms with Gasteiger partial charge < -0.3 is 15.4 Å². The van der Waals surface area contributed by atoms with Crippen molar-refractivity contribution in [3.05, 3.63) is 30.1 Å². The fourth-order valence-electron chi connectivity index (χ4n) is 2.46. The van der Waals surface area contributed by atoms with E-state index >= 15 is 0 Å². The second-order valence-corrected chi connectivity index (χ2v) is 5.78. The molecular formula is C15H21FN2O2. The average molecular weight is 280 g/mol. The number of hydrogen-bond acceptors (Lipinski definition) is 3. The lowest BCUT2D eigenvalue weighted by Crippen LogP contribution is -2.37.